The summed E-state index contributed by atoms with van der Waals surface area (Å²) in [7, 11) is 0. The van der Waals surface area contributed by atoms with Crippen molar-refractivity contribution in [3.8, 4) is 0 Å². The van der Waals surface area contributed by atoms with Crippen LogP contribution in [0.1, 0.15) is 41.0 Å². The van der Waals surface area contributed by atoms with Gasteiger partial charge in [0.1, 0.15) is 0 Å². The lowest BCUT2D eigenvalue weighted by molar-refractivity contribution is 0.0636. The summed E-state index contributed by atoms with van der Waals surface area (Å²) in [6.45, 7) is 18.7. The second kappa shape index (κ2) is 8.13. The zero-order valence-electron chi connectivity index (χ0n) is 13.1. The highest BCUT2D eigenvalue weighted by Gasteiger charge is 2.24. The first-order valence-electron chi connectivity index (χ1n) is 7.73. The number of rotatable bonds is 7. The van der Waals surface area contributed by atoms with Gasteiger partial charge in [0.2, 0.25) is 0 Å². The third-order valence-electron chi connectivity index (χ3n) is 4.16. The number of hydrogen-bond acceptors (Lipinski definition) is 3. The summed E-state index contributed by atoms with van der Waals surface area (Å²) in [5.41, 5.74) is 0. The van der Waals surface area contributed by atoms with Gasteiger partial charge >= 0.3 is 0 Å². The van der Waals surface area contributed by atoms with Gasteiger partial charge < -0.3 is 5.32 Å². The van der Waals surface area contributed by atoms with Crippen LogP contribution in [0.2, 0.25) is 0 Å². The molecule has 1 aliphatic heterocycles. The zero-order chi connectivity index (χ0) is 13.5. The molecule has 18 heavy (non-hydrogen) atoms. The van der Waals surface area contributed by atoms with Crippen molar-refractivity contribution < 1.29 is 0 Å². The standard InChI is InChI=1S/C15H33N3/c1-6-17-9-10-18(12-15(17)5)14(4)11-16-8-7-13(2)3/h13-16H,6-12H2,1-5H3. The minimum atomic E-state index is 0.665. The van der Waals surface area contributed by atoms with Crippen LogP contribution in [0.3, 0.4) is 0 Å². The minimum Gasteiger partial charge on any atom is -0.315 e. The second-order valence-corrected chi connectivity index (χ2v) is 6.21. The maximum absolute atomic E-state index is 3.60. The van der Waals surface area contributed by atoms with Gasteiger partial charge in [0, 0.05) is 38.3 Å². The molecule has 0 amide bonds. The molecule has 108 valence electrons. The molecule has 0 bridgehead atoms. The topological polar surface area (TPSA) is 18.5 Å². The lowest BCUT2D eigenvalue weighted by Crippen LogP contribution is -2.55. The zero-order valence-corrected chi connectivity index (χ0v) is 13.1. The fraction of sp³-hybridized carbons (Fsp3) is 1.00. The van der Waals surface area contributed by atoms with Crippen LogP contribution in [0.4, 0.5) is 0 Å². The highest BCUT2D eigenvalue weighted by molar-refractivity contribution is 4.82. The second-order valence-electron chi connectivity index (χ2n) is 6.21. The molecule has 1 rings (SSSR count). The molecule has 3 nitrogen and oxygen atoms in total. The van der Waals surface area contributed by atoms with Crippen LogP contribution in [-0.2, 0) is 0 Å². The van der Waals surface area contributed by atoms with Crippen molar-refractivity contribution in [3.05, 3.63) is 0 Å². The summed E-state index contributed by atoms with van der Waals surface area (Å²) >= 11 is 0. The molecular weight excluding hydrogens is 222 g/mol. The van der Waals surface area contributed by atoms with Crippen molar-refractivity contribution in [3.63, 3.8) is 0 Å². The third kappa shape index (κ3) is 5.25. The Morgan fingerprint density at radius 2 is 1.94 bits per heavy atom. The van der Waals surface area contributed by atoms with Crippen molar-refractivity contribution in [1.82, 2.24) is 15.1 Å². The van der Waals surface area contributed by atoms with Crippen LogP contribution in [0.5, 0.6) is 0 Å². The molecule has 1 saturated heterocycles. The predicted octanol–water partition coefficient (Wildman–Crippen LogP) is 2.04. The Morgan fingerprint density at radius 1 is 1.22 bits per heavy atom. The first-order chi connectivity index (χ1) is 8.54. The van der Waals surface area contributed by atoms with Crippen molar-refractivity contribution in [1.29, 1.82) is 0 Å². The molecule has 1 aliphatic rings. The normalized spacial score (nSPS) is 24.7. The van der Waals surface area contributed by atoms with Gasteiger partial charge in [0.05, 0.1) is 0 Å². The average molecular weight is 255 g/mol. The molecule has 0 aliphatic carbocycles. The third-order valence-corrected chi connectivity index (χ3v) is 4.16. The van der Waals surface area contributed by atoms with E-state index in [-0.39, 0.29) is 0 Å². The number of likely N-dealkylation sites (N-methyl/N-ethyl adjacent to an activating group) is 1. The van der Waals surface area contributed by atoms with Gasteiger partial charge in [0.15, 0.2) is 0 Å². The Labute approximate surface area is 114 Å². The largest absolute Gasteiger partial charge is 0.315 e. The molecule has 2 atom stereocenters. The predicted molar refractivity (Wildman–Crippen MR) is 80.1 cm³/mol. The summed E-state index contributed by atoms with van der Waals surface area (Å²) in [6, 6.07) is 1.38. The Hall–Kier alpha value is -0.120. The van der Waals surface area contributed by atoms with Crippen molar-refractivity contribution >= 4 is 0 Å². The van der Waals surface area contributed by atoms with Gasteiger partial charge in [-0.2, -0.15) is 0 Å². The number of nitrogens with one attached hydrogen (secondary N) is 1. The maximum atomic E-state index is 3.60. The first-order valence-corrected chi connectivity index (χ1v) is 7.73. The van der Waals surface area contributed by atoms with Crippen LogP contribution in [0, 0.1) is 5.92 Å². The Kier molecular flexibility index (Phi) is 7.20. The van der Waals surface area contributed by atoms with E-state index >= 15 is 0 Å². The minimum absolute atomic E-state index is 0.665. The number of hydrogen-bond donors (Lipinski definition) is 1. The van der Waals surface area contributed by atoms with Gasteiger partial charge in [-0.05, 0) is 39.3 Å². The number of piperazine rings is 1. The van der Waals surface area contributed by atoms with E-state index in [2.05, 4.69) is 49.7 Å². The SMILES string of the molecule is CCN1CCN(C(C)CNCCC(C)C)CC1C. The lowest BCUT2D eigenvalue weighted by Gasteiger charge is -2.42. The van der Waals surface area contributed by atoms with E-state index in [1.165, 1.54) is 32.6 Å². The molecule has 1 N–H and O–H groups in total. The van der Waals surface area contributed by atoms with Crippen LogP contribution in [0.25, 0.3) is 0 Å². The molecular formula is C15H33N3. The van der Waals surface area contributed by atoms with E-state index in [4.69, 9.17) is 0 Å². The molecule has 1 heterocycles. The molecule has 0 saturated carbocycles. The molecule has 0 spiro atoms. The van der Waals surface area contributed by atoms with Gasteiger partial charge in [-0.3, -0.25) is 9.80 Å². The Bertz CT molecular complexity index is 218. The number of nitrogens with zero attached hydrogens (tertiary/aromatic N) is 2. The van der Waals surface area contributed by atoms with E-state index in [0.29, 0.717) is 12.1 Å². The van der Waals surface area contributed by atoms with E-state index in [0.717, 1.165) is 19.0 Å². The van der Waals surface area contributed by atoms with E-state index in [1.54, 1.807) is 0 Å². The lowest BCUT2D eigenvalue weighted by atomic mass is 10.1. The molecule has 0 radical (unpaired) electrons. The van der Waals surface area contributed by atoms with Crippen LogP contribution in [-0.4, -0.2) is 61.2 Å². The fourth-order valence-electron chi connectivity index (χ4n) is 2.72. The maximum Gasteiger partial charge on any atom is 0.0195 e. The quantitative estimate of drug-likeness (QED) is 0.702. The van der Waals surface area contributed by atoms with Crippen LogP contribution >= 0.6 is 0 Å². The van der Waals surface area contributed by atoms with Crippen LogP contribution in [0.15, 0.2) is 0 Å². The van der Waals surface area contributed by atoms with Gasteiger partial charge in [-0.1, -0.05) is 20.8 Å². The van der Waals surface area contributed by atoms with Crippen molar-refractivity contribution in [2.24, 2.45) is 5.92 Å². The molecule has 2 unspecified atom stereocenters. The summed E-state index contributed by atoms with van der Waals surface area (Å²) in [6.07, 6.45) is 1.28. The highest BCUT2D eigenvalue weighted by atomic mass is 15.3. The Balaban J connectivity index is 2.20. The van der Waals surface area contributed by atoms with Gasteiger partial charge in [0.25, 0.3) is 0 Å². The van der Waals surface area contributed by atoms with Gasteiger partial charge in [-0.25, -0.2) is 0 Å². The monoisotopic (exact) mass is 255 g/mol. The Morgan fingerprint density at radius 3 is 2.50 bits per heavy atom. The molecule has 0 aromatic carbocycles. The molecule has 0 aromatic rings. The highest BCUT2D eigenvalue weighted by Crippen LogP contribution is 2.11. The molecule has 1 fully saturated rings. The fourth-order valence-corrected chi connectivity index (χ4v) is 2.72. The average Bonchev–Trinajstić information content (AvgIpc) is 2.34. The summed E-state index contributed by atoms with van der Waals surface area (Å²) in [4.78, 5) is 5.22. The summed E-state index contributed by atoms with van der Waals surface area (Å²) < 4.78 is 0. The van der Waals surface area contributed by atoms with Crippen LogP contribution < -0.4 is 5.32 Å². The summed E-state index contributed by atoms with van der Waals surface area (Å²) in [5.74, 6) is 0.806. The van der Waals surface area contributed by atoms with E-state index in [9.17, 15) is 0 Å². The smallest absolute Gasteiger partial charge is 0.0195 e. The first kappa shape index (κ1) is 15.9. The molecule has 3 heteroatoms. The molecule has 0 aromatic heterocycles. The van der Waals surface area contributed by atoms with Crippen molar-refractivity contribution in [2.75, 3.05) is 39.3 Å². The van der Waals surface area contributed by atoms with Gasteiger partial charge in [-0.15, -0.1) is 0 Å². The van der Waals surface area contributed by atoms with E-state index in [1.807, 2.05) is 0 Å². The summed E-state index contributed by atoms with van der Waals surface area (Å²) in [5, 5.41) is 3.60. The van der Waals surface area contributed by atoms with Crippen molar-refractivity contribution in [2.45, 2.75) is 53.1 Å². The van der Waals surface area contributed by atoms with E-state index < -0.39 is 0 Å².